The first-order valence-electron chi connectivity index (χ1n) is 5.48. The molecule has 0 aromatic heterocycles. The van der Waals surface area contributed by atoms with Gasteiger partial charge < -0.3 is 5.11 Å². The highest BCUT2D eigenvalue weighted by molar-refractivity contribution is 5.88. The van der Waals surface area contributed by atoms with Gasteiger partial charge in [-0.1, -0.05) is 23.3 Å². The molecule has 1 rings (SSSR count). The van der Waals surface area contributed by atoms with Gasteiger partial charge in [0, 0.05) is 11.5 Å². The van der Waals surface area contributed by atoms with Crippen molar-refractivity contribution in [3.8, 4) is 0 Å². The van der Waals surface area contributed by atoms with Gasteiger partial charge in [-0.25, -0.2) is 4.79 Å². The Morgan fingerprint density at radius 2 is 2.15 bits per heavy atom. The topological polar surface area (TPSA) is 86.1 Å². The van der Waals surface area contributed by atoms with E-state index in [1.54, 1.807) is 0 Å². The molecule has 0 amide bonds. The largest absolute Gasteiger partial charge is 0.478 e. The molecule has 1 aromatic carbocycles. The van der Waals surface area contributed by atoms with Crippen LogP contribution in [0.5, 0.6) is 0 Å². The lowest BCUT2D eigenvalue weighted by molar-refractivity contribution is -0.137. The number of halogens is 3. The van der Waals surface area contributed by atoms with E-state index in [1.807, 2.05) is 0 Å². The summed E-state index contributed by atoms with van der Waals surface area (Å²) in [5, 5.41) is 11.9. The minimum Gasteiger partial charge on any atom is -0.478 e. The minimum atomic E-state index is -4.64. The van der Waals surface area contributed by atoms with Crippen molar-refractivity contribution in [2.24, 2.45) is 5.11 Å². The van der Waals surface area contributed by atoms with Crippen LogP contribution in [0.15, 0.2) is 29.4 Å². The Balaban J connectivity index is 3.06. The number of aromatic carboxylic acids is 1. The number of alkyl halides is 3. The van der Waals surface area contributed by atoms with Gasteiger partial charge in [0.05, 0.1) is 11.1 Å². The molecule has 1 aromatic rings. The number of hydrogen-bond donors (Lipinski definition) is 1. The predicted octanol–water partition coefficient (Wildman–Crippen LogP) is 4.12. The Hall–Kier alpha value is -2.47. The molecule has 0 bridgehead atoms. The average Bonchev–Trinajstić information content (AvgIpc) is 2.37. The van der Waals surface area contributed by atoms with Crippen molar-refractivity contribution in [2.45, 2.75) is 12.6 Å². The average molecular weight is 285 g/mol. The fourth-order valence-corrected chi connectivity index (χ4v) is 1.47. The summed E-state index contributed by atoms with van der Waals surface area (Å²) < 4.78 is 38.5. The summed E-state index contributed by atoms with van der Waals surface area (Å²) in [4.78, 5) is 13.2. The van der Waals surface area contributed by atoms with Crippen molar-refractivity contribution in [1.29, 1.82) is 0 Å². The van der Waals surface area contributed by atoms with E-state index >= 15 is 0 Å². The summed E-state index contributed by atoms with van der Waals surface area (Å²) in [6, 6.07) is 2.79. The first-order valence-corrected chi connectivity index (χ1v) is 5.48. The second-order valence-corrected chi connectivity index (χ2v) is 3.75. The van der Waals surface area contributed by atoms with Gasteiger partial charge in [0.1, 0.15) is 0 Å². The van der Waals surface area contributed by atoms with Crippen LogP contribution in [0.2, 0.25) is 0 Å². The van der Waals surface area contributed by atoms with E-state index in [-0.39, 0.29) is 12.1 Å². The van der Waals surface area contributed by atoms with Gasteiger partial charge in [-0.2, -0.15) is 13.2 Å². The van der Waals surface area contributed by atoms with Gasteiger partial charge >= 0.3 is 12.1 Å². The van der Waals surface area contributed by atoms with Gasteiger partial charge in [0.15, 0.2) is 0 Å². The second kappa shape index (κ2) is 6.63. The molecule has 5 nitrogen and oxygen atoms in total. The van der Waals surface area contributed by atoms with Crippen LogP contribution in [-0.4, -0.2) is 17.6 Å². The van der Waals surface area contributed by atoms with Gasteiger partial charge in [0.25, 0.3) is 0 Å². The normalized spacial score (nSPS) is 11.3. The third kappa shape index (κ3) is 4.33. The SMILES string of the molecule is [N-]=[N+]=NCCC=Cc1ccc(C(=O)O)cc1C(F)(F)F. The molecule has 0 saturated carbocycles. The molecule has 0 aliphatic rings. The number of rotatable bonds is 5. The molecule has 106 valence electrons. The number of benzene rings is 1. The highest BCUT2D eigenvalue weighted by Crippen LogP contribution is 2.33. The molecule has 0 radical (unpaired) electrons. The molecule has 0 unspecified atom stereocenters. The van der Waals surface area contributed by atoms with Crippen LogP contribution >= 0.6 is 0 Å². The van der Waals surface area contributed by atoms with Crippen LogP contribution in [-0.2, 0) is 6.18 Å². The summed E-state index contributed by atoms with van der Waals surface area (Å²) in [5.74, 6) is -1.42. The zero-order valence-corrected chi connectivity index (χ0v) is 10.1. The molecule has 20 heavy (non-hydrogen) atoms. The number of azide groups is 1. The fourth-order valence-electron chi connectivity index (χ4n) is 1.47. The van der Waals surface area contributed by atoms with Crippen molar-refractivity contribution in [2.75, 3.05) is 6.54 Å². The maximum atomic E-state index is 12.8. The molecular formula is C12H10F3N3O2. The Morgan fingerprint density at radius 1 is 1.45 bits per heavy atom. The minimum absolute atomic E-state index is 0.136. The molecule has 0 heterocycles. The standard InChI is InChI=1S/C12H10F3N3O2/c13-12(14,15)10-7-9(11(19)20)5-4-8(10)3-1-2-6-17-18-16/h1,3-5,7H,2,6H2,(H,19,20). The van der Waals surface area contributed by atoms with Crippen molar-refractivity contribution in [3.63, 3.8) is 0 Å². The number of carboxylic acids is 1. The summed E-state index contributed by atoms with van der Waals surface area (Å²) in [7, 11) is 0. The molecule has 1 N–H and O–H groups in total. The molecule has 0 saturated heterocycles. The van der Waals surface area contributed by atoms with Crippen molar-refractivity contribution >= 4 is 12.0 Å². The Morgan fingerprint density at radius 3 is 2.70 bits per heavy atom. The van der Waals surface area contributed by atoms with Gasteiger partial charge in [-0.05, 0) is 29.6 Å². The summed E-state index contributed by atoms with van der Waals surface area (Å²) in [6.45, 7) is 0.140. The van der Waals surface area contributed by atoms with E-state index in [4.69, 9.17) is 10.6 Å². The van der Waals surface area contributed by atoms with Gasteiger partial charge in [0.2, 0.25) is 0 Å². The van der Waals surface area contributed by atoms with E-state index in [1.165, 1.54) is 12.2 Å². The van der Waals surface area contributed by atoms with Crippen LogP contribution in [0, 0.1) is 0 Å². The zero-order chi connectivity index (χ0) is 15.2. The first kappa shape index (κ1) is 15.6. The lowest BCUT2D eigenvalue weighted by Crippen LogP contribution is -2.09. The summed E-state index contributed by atoms with van der Waals surface area (Å²) in [5.41, 5.74) is 6.47. The number of carboxylic acid groups (broad SMARTS) is 1. The van der Waals surface area contributed by atoms with Crippen molar-refractivity contribution in [3.05, 3.63) is 51.4 Å². The smallest absolute Gasteiger partial charge is 0.417 e. The molecule has 0 spiro atoms. The van der Waals surface area contributed by atoms with Crippen LogP contribution in [0.3, 0.4) is 0 Å². The van der Waals surface area contributed by atoms with Crippen molar-refractivity contribution in [1.82, 2.24) is 0 Å². The van der Waals surface area contributed by atoms with E-state index in [0.717, 1.165) is 12.1 Å². The molecular weight excluding hydrogens is 275 g/mol. The zero-order valence-electron chi connectivity index (χ0n) is 10.1. The maximum Gasteiger partial charge on any atom is 0.417 e. The van der Waals surface area contributed by atoms with Crippen LogP contribution in [0.4, 0.5) is 13.2 Å². The number of nitrogens with zero attached hydrogens (tertiary/aromatic N) is 3. The van der Waals surface area contributed by atoms with E-state index < -0.39 is 23.3 Å². The monoisotopic (exact) mass is 285 g/mol. The third-order valence-electron chi connectivity index (χ3n) is 2.36. The Kier molecular flexibility index (Phi) is 5.16. The number of hydrogen-bond acceptors (Lipinski definition) is 2. The quantitative estimate of drug-likeness (QED) is 0.382. The van der Waals surface area contributed by atoms with Crippen LogP contribution < -0.4 is 0 Å². The molecule has 0 fully saturated rings. The molecule has 0 atom stereocenters. The lowest BCUT2D eigenvalue weighted by atomic mass is 10.0. The van der Waals surface area contributed by atoms with Gasteiger partial charge in [-0.15, -0.1) is 0 Å². The number of carbonyl (C=O) groups is 1. The van der Waals surface area contributed by atoms with E-state index in [9.17, 15) is 18.0 Å². The Bertz CT molecular complexity index is 576. The first-order chi connectivity index (χ1) is 9.36. The second-order valence-electron chi connectivity index (χ2n) is 3.75. The van der Waals surface area contributed by atoms with Crippen LogP contribution in [0.25, 0.3) is 16.5 Å². The highest BCUT2D eigenvalue weighted by atomic mass is 19.4. The van der Waals surface area contributed by atoms with Crippen molar-refractivity contribution < 1.29 is 23.1 Å². The van der Waals surface area contributed by atoms with Gasteiger partial charge in [-0.3, -0.25) is 0 Å². The summed E-state index contributed by atoms with van der Waals surface area (Å²) in [6.07, 6.45) is -1.70. The van der Waals surface area contributed by atoms with Crippen LogP contribution in [0.1, 0.15) is 27.9 Å². The molecule has 0 aliphatic carbocycles. The van der Waals surface area contributed by atoms with E-state index in [2.05, 4.69) is 10.0 Å². The maximum absolute atomic E-state index is 12.8. The van der Waals surface area contributed by atoms with E-state index in [0.29, 0.717) is 12.5 Å². The lowest BCUT2D eigenvalue weighted by Gasteiger charge is -2.11. The Labute approximate surface area is 112 Å². The predicted molar refractivity (Wildman–Crippen MR) is 66.1 cm³/mol. The third-order valence-corrected chi connectivity index (χ3v) is 2.36. The highest BCUT2D eigenvalue weighted by Gasteiger charge is 2.33. The fraction of sp³-hybridized carbons (Fsp3) is 0.250. The molecule has 8 heteroatoms. The summed E-state index contributed by atoms with van der Waals surface area (Å²) >= 11 is 0. The molecule has 0 aliphatic heterocycles.